The molecule has 0 aliphatic carbocycles. The third kappa shape index (κ3) is 4.20. The maximum Gasteiger partial charge on any atom is 0.132 e. The fraction of sp³-hybridized carbons (Fsp3) is 0.846. The van der Waals surface area contributed by atoms with Crippen molar-refractivity contribution in [2.75, 3.05) is 0 Å². The monoisotopic (exact) mass is 242 g/mol. The molecule has 0 rings (SSSR count). The molecular formula is C13H26O2Si. The van der Waals surface area contributed by atoms with Gasteiger partial charge in [0.25, 0.3) is 0 Å². The van der Waals surface area contributed by atoms with Gasteiger partial charge in [-0.2, -0.15) is 0 Å². The Morgan fingerprint density at radius 1 is 1.12 bits per heavy atom. The summed E-state index contributed by atoms with van der Waals surface area (Å²) in [4.78, 5) is 23.2. The molecule has 2 nitrogen and oxygen atoms in total. The van der Waals surface area contributed by atoms with Crippen LogP contribution in [0.3, 0.4) is 0 Å². The van der Waals surface area contributed by atoms with Gasteiger partial charge in [-0.15, -0.1) is 0 Å². The van der Waals surface area contributed by atoms with E-state index >= 15 is 0 Å². The van der Waals surface area contributed by atoms with E-state index in [0.717, 1.165) is 0 Å². The lowest BCUT2D eigenvalue weighted by atomic mass is 10.0. The summed E-state index contributed by atoms with van der Waals surface area (Å²) >= 11 is 0. The molecule has 1 unspecified atom stereocenters. The highest BCUT2D eigenvalue weighted by Crippen LogP contribution is 2.37. The molecule has 0 aromatic heterocycles. The zero-order valence-corrected chi connectivity index (χ0v) is 12.8. The van der Waals surface area contributed by atoms with Crippen molar-refractivity contribution in [3.05, 3.63) is 0 Å². The Kier molecular flexibility index (Phi) is 5.11. The number of ketones is 1. The molecule has 0 aliphatic rings. The molecule has 0 heterocycles. The van der Waals surface area contributed by atoms with Crippen LogP contribution in [-0.2, 0) is 9.59 Å². The van der Waals surface area contributed by atoms with Gasteiger partial charge < -0.3 is 9.59 Å². The van der Waals surface area contributed by atoms with Crippen LogP contribution in [0.1, 0.15) is 47.5 Å². The van der Waals surface area contributed by atoms with Crippen LogP contribution in [0.4, 0.5) is 0 Å². The highest BCUT2D eigenvalue weighted by Gasteiger charge is 2.41. The van der Waals surface area contributed by atoms with Crippen LogP contribution in [0.5, 0.6) is 0 Å². The van der Waals surface area contributed by atoms with Crippen molar-refractivity contribution in [1.29, 1.82) is 0 Å². The van der Waals surface area contributed by atoms with E-state index in [1.54, 1.807) is 6.92 Å². The highest BCUT2D eigenvalue weighted by atomic mass is 28.3. The number of carbonyl (C=O) groups is 2. The summed E-state index contributed by atoms with van der Waals surface area (Å²) in [5.74, 6) is 0.370. The van der Waals surface area contributed by atoms with E-state index in [0.29, 0.717) is 18.2 Å². The maximum atomic E-state index is 12.3. The summed E-state index contributed by atoms with van der Waals surface area (Å²) < 4.78 is 0. The highest BCUT2D eigenvalue weighted by molar-refractivity contribution is 7.06. The first-order valence-electron chi connectivity index (χ1n) is 6.01. The minimum Gasteiger partial charge on any atom is -0.305 e. The van der Waals surface area contributed by atoms with E-state index in [2.05, 4.69) is 33.9 Å². The molecule has 0 spiro atoms. The molecule has 0 fully saturated rings. The number of hydrogen-bond donors (Lipinski definition) is 0. The normalized spacial score (nSPS) is 14.7. The van der Waals surface area contributed by atoms with Crippen LogP contribution < -0.4 is 0 Å². The predicted octanol–water partition coefficient (Wildman–Crippen LogP) is 3.61. The van der Waals surface area contributed by atoms with E-state index in [1.165, 1.54) is 0 Å². The second kappa shape index (κ2) is 5.26. The van der Waals surface area contributed by atoms with Crippen molar-refractivity contribution in [3.63, 3.8) is 0 Å². The average Bonchev–Trinajstić information content (AvgIpc) is 1.99. The van der Waals surface area contributed by atoms with Gasteiger partial charge in [0.1, 0.15) is 19.3 Å². The summed E-state index contributed by atoms with van der Waals surface area (Å²) in [6, 6.07) is 0. The third-order valence-electron chi connectivity index (χ3n) is 3.74. The Labute approximate surface area is 101 Å². The molecule has 0 bridgehead atoms. The largest absolute Gasteiger partial charge is 0.305 e. The minimum absolute atomic E-state index is 0.0972. The summed E-state index contributed by atoms with van der Waals surface area (Å²) in [5, 5.41) is 0.494. The molecule has 0 saturated heterocycles. The standard InChI is InChI=1S/C13H26O2Si/c1-10(8-11(2)14)9-12(15)16(6,7)13(3,4)5/h10H,8-9H2,1-7H3. The van der Waals surface area contributed by atoms with Gasteiger partial charge in [0.15, 0.2) is 0 Å². The van der Waals surface area contributed by atoms with Gasteiger partial charge in [0, 0.05) is 12.8 Å². The molecule has 1 atom stereocenters. The first kappa shape index (κ1) is 15.6. The lowest BCUT2D eigenvalue weighted by Crippen LogP contribution is -2.46. The predicted molar refractivity (Wildman–Crippen MR) is 71.3 cm³/mol. The molecule has 16 heavy (non-hydrogen) atoms. The van der Waals surface area contributed by atoms with Crippen LogP contribution in [0, 0.1) is 5.92 Å². The van der Waals surface area contributed by atoms with E-state index in [9.17, 15) is 9.59 Å². The van der Waals surface area contributed by atoms with Gasteiger partial charge >= 0.3 is 0 Å². The zero-order chi connectivity index (χ0) is 13.1. The summed E-state index contributed by atoms with van der Waals surface area (Å²) in [7, 11) is -1.87. The quantitative estimate of drug-likeness (QED) is 0.690. The average molecular weight is 242 g/mol. The first-order valence-corrected chi connectivity index (χ1v) is 9.01. The Hall–Kier alpha value is -0.443. The first-order chi connectivity index (χ1) is 6.98. The SMILES string of the molecule is CC(=O)CC(C)CC(=O)[Si](C)(C)C(C)(C)C. The van der Waals surface area contributed by atoms with Crippen molar-refractivity contribution in [2.45, 2.75) is 65.6 Å². The molecule has 0 aromatic carbocycles. The Bertz CT molecular complexity index is 274. The molecule has 0 aromatic rings. The molecule has 0 radical (unpaired) electrons. The van der Waals surface area contributed by atoms with Crippen molar-refractivity contribution < 1.29 is 9.59 Å². The van der Waals surface area contributed by atoms with E-state index in [-0.39, 0.29) is 16.7 Å². The van der Waals surface area contributed by atoms with Gasteiger partial charge in [0.2, 0.25) is 0 Å². The molecule has 0 amide bonds. The summed E-state index contributed by atoms with van der Waals surface area (Å²) in [6.45, 7) is 14.3. The Morgan fingerprint density at radius 3 is 1.88 bits per heavy atom. The van der Waals surface area contributed by atoms with E-state index in [4.69, 9.17) is 0 Å². The topological polar surface area (TPSA) is 34.1 Å². The molecule has 3 heteroatoms. The number of rotatable bonds is 5. The molecular weight excluding hydrogens is 216 g/mol. The number of carbonyl (C=O) groups excluding carboxylic acids is 2. The van der Waals surface area contributed by atoms with Crippen molar-refractivity contribution >= 4 is 19.3 Å². The molecule has 0 N–H and O–H groups in total. The minimum atomic E-state index is -1.87. The van der Waals surface area contributed by atoms with Gasteiger partial charge in [-0.05, 0) is 17.9 Å². The molecule has 0 aliphatic heterocycles. The van der Waals surface area contributed by atoms with Gasteiger partial charge in [-0.25, -0.2) is 0 Å². The Balaban J connectivity index is 4.53. The third-order valence-corrected chi connectivity index (χ3v) is 9.09. The number of Topliss-reactive ketones (excluding diaryl/α,β-unsaturated/α-hetero) is 1. The van der Waals surface area contributed by atoms with Crippen molar-refractivity contribution in [3.8, 4) is 0 Å². The molecule has 0 saturated carbocycles. The zero-order valence-electron chi connectivity index (χ0n) is 11.8. The summed E-state index contributed by atoms with van der Waals surface area (Å²) in [5.41, 5.74) is 0. The lowest BCUT2D eigenvalue weighted by Gasteiger charge is -2.35. The van der Waals surface area contributed by atoms with Crippen LogP contribution >= 0.6 is 0 Å². The summed E-state index contributed by atoms with van der Waals surface area (Å²) in [6.07, 6.45) is 1.09. The van der Waals surface area contributed by atoms with Crippen LogP contribution in [0.15, 0.2) is 0 Å². The lowest BCUT2D eigenvalue weighted by molar-refractivity contribution is -0.118. The molecule has 94 valence electrons. The van der Waals surface area contributed by atoms with Gasteiger partial charge in [0.05, 0.1) is 0 Å². The van der Waals surface area contributed by atoms with E-state index < -0.39 is 8.07 Å². The van der Waals surface area contributed by atoms with Crippen LogP contribution in [0.2, 0.25) is 18.1 Å². The fourth-order valence-corrected chi connectivity index (χ4v) is 3.25. The number of hydrogen-bond acceptors (Lipinski definition) is 2. The Morgan fingerprint density at radius 2 is 1.56 bits per heavy atom. The van der Waals surface area contributed by atoms with E-state index in [1.807, 2.05) is 6.92 Å². The van der Waals surface area contributed by atoms with Gasteiger partial charge in [-0.3, -0.25) is 0 Å². The smallest absolute Gasteiger partial charge is 0.132 e. The van der Waals surface area contributed by atoms with Crippen LogP contribution in [0.25, 0.3) is 0 Å². The second-order valence-electron chi connectivity index (χ2n) is 6.51. The second-order valence-corrected chi connectivity index (χ2v) is 11.8. The van der Waals surface area contributed by atoms with Crippen molar-refractivity contribution in [1.82, 2.24) is 0 Å². The van der Waals surface area contributed by atoms with Crippen LogP contribution in [-0.4, -0.2) is 19.3 Å². The van der Waals surface area contributed by atoms with Gasteiger partial charge in [-0.1, -0.05) is 40.8 Å². The van der Waals surface area contributed by atoms with Crippen molar-refractivity contribution in [2.24, 2.45) is 5.92 Å². The fourth-order valence-electron chi connectivity index (χ4n) is 1.55. The maximum absolute atomic E-state index is 12.3.